The van der Waals surface area contributed by atoms with Gasteiger partial charge in [-0.25, -0.2) is 14.8 Å². The summed E-state index contributed by atoms with van der Waals surface area (Å²) in [6.45, 7) is 4.94. The predicted octanol–water partition coefficient (Wildman–Crippen LogP) is 2.88. The van der Waals surface area contributed by atoms with Crippen molar-refractivity contribution in [2.45, 2.75) is 32.6 Å². The Kier molecular flexibility index (Phi) is 4.79. The number of carbonyl (C=O) groups excluding carboxylic acids is 1. The van der Waals surface area contributed by atoms with E-state index >= 15 is 0 Å². The Labute approximate surface area is 146 Å². The lowest BCUT2D eigenvalue weighted by molar-refractivity contribution is -0.130. The van der Waals surface area contributed by atoms with Crippen LogP contribution < -0.4 is 0 Å². The molecule has 0 bridgehead atoms. The van der Waals surface area contributed by atoms with Crippen molar-refractivity contribution in [3.63, 3.8) is 0 Å². The smallest absolute Gasteiger partial charge is 0.335 e. The molecule has 1 N–H and O–H groups in total. The first-order valence-corrected chi connectivity index (χ1v) is 8.39. The average Bonchev–Trinajstić information content (AvgIpc) is 2.61. The minimum absolute atomic E-state index is 0.0972. The van der Waals surface area contributed by atoms with Crippen molar-refractivity contribution in [1.29, 1.82) is 0 Å². The summed E-state index contributed by atoms with van der Waals surface area (Å²) in [6, 6.07) is 8.63. The quantitative estimate of drug-likeness (QED) is 0.929. The largest absolute Gasteiger partial charge is 0.478 e. The summed E-state index contributed by atoms with van der Waals surface area (Å²) in [7, 11) is 0. The molecule has 6 heteroatoms. The Bertz CT molecular complexity index is 802. The van der Waals surface area contributed by atoms with Gasteiger partial charge in [0.15, 0.2) is 0 Å². The van der Waals surface area contributed by atoms with Crippen LogP contribution in [0.25, 0.3) is 11.3 Å². The number of likely N-dealkylation sites (tertiary alicyclic amines) is 1. The number of carboxylic acids is 1. The zero-order valence-electron chi connectivity index (χ0n) is 14.4. The van der Waals surface area contributed by atoms with E-state index in [0.717, 1.165) is 36.3 Å². The van der Waals surface area contributed by atoms with Gasteiger partial charge in [-0.05, 0) is 38.0 Å². The van der Waals surface area contributed by atoms with Crippen molar-refractivity contribution in [1.82, 2.24) is 14.9 Å². The number of piperidine rings is 1. The highest BCUT2D eigenvalue weighted by Crippen LogP contribution is 2.28. The van der Waals surface area contributed by atoms with Gasteiger partial charge in [0.1, 0.15) is 5.82 Å². The van der Waals surface area contributed by atoms with Crippen LogP contribution in [0, 0.1) is 6.92 Å². The summed E-state index contributed by atoms with van der Waals surface area (Å²) < 4.78 is 0. The van der Waals surface area contributed by atoms with Crippen molar-refractivity contribution in [2.75, 3.05) is 13.1 Å². The lowest BCUT2D eigenvalue weighted by Gasteiger charge is -2.32. The van der Waals surface area contributed by atoms with E-state index in [1.165, 1.54) is 0 Å². The lowest BCUT2D eigenvalue weighted by Crippen LogP contribution is -2.37. The summed E-state index contributed by atoms with van der Waals surface area (Å²) in [5, 5.41) is 9.02. The van der Waals surface area contributed by atoms with Gasteiger partial charge in [0.2, 0.25) is 5.91 Å². The molecule has 0 unspecified atom stereocenters. The number of hydrogen-bond donors (Lipinski definition) is 1. The van der Waals surface area contributed by atoms with Crippen LogP contribution in [0.1, 0.15) is 47.6 Å². The van der Waals surface area contributed by atoms with Gasteiger partial charge in [0.05, 0.1) is 11.3 Å². The van der Waals surface area contributed by atoms with E-state index in [1.807, 2.05) is 17.9 Å². The summed E-state index contributed by atoms with van der Waals surface area (Å²) in [4.78, 5) is 33.6. The molecule has 1 aromatic heterocycles. The maximum Gasteiger partial charge on any atom is 0.335 e. The monoisotopic (exact) mass is 339 g/mol. The molecular formula is C19H21N3O3. The normalized spacial score (nSPS) is 17.4. The van der Waals surface area contributed by atoms with Crippen LogP contribution >= 0.6 is 0 Å². The molecule has 1 aromatic carbocycles. The highest BCUT2D eigenvalue weighted by atomic mass is 16.4. The molecule has 2 aromatic rings. The van der Waals surface area contributed by atoms with Gasteiger partial charge in [-0.3, -0.25) is 4.79 Å². The zero-order valence-corrected chi connectivity index (χ0v) is 14.4. The molecule has 1 amide bonds. The van der Waals surface area contributed by atoms with Crippen LogP contribution in [-0.4, -0.2) is 44.9 Å². The number of rotatable bonds is 3. The van der Waals surface area contributed by atoms with E-state index in [-0.39, 0.29) is 17.4 Å². The van der Waals surface area contributed by atoms with E-state index in [1.54, 1.807) is 31.2 Å². The minimum Gasteiger partial charge on any atom is -0.478 e. The van der Waals surface area contributed by atoms with Crippen molar-refractivity contribution in [3.05, 3.63) is 47.4 Å². The van der Waals surface area contributed by atoms with Crippen LogP contribution in [0.4, 0.5) is 0 Å². The summed E-state index contributed by atoms with van der Waals surface area (Å²) in [5.74, 6) is 0.0313. The van der Waals surface area contributed by atoms with Crippen molar-refractivity contribution >= 4 is 11.9 Å². The van der Waals surface area contributed by atoms with Crippen molar-refractivity contribution < 1.29 is 14.7 Å². The molecule has 1 aliphatic heterocycles. The molecule has 3 rings (SSSR count). The van der Waals surface area contributed by atoms with E-state index in [4.69, 9.17) is 5.11 Å². The zero-order chi connectivity index (χ0) is 18.0. The van der Waals surface area contributed by atoms with Gasteiger partial charge in [0.25, 0.3) is 0 Å². The highest BCUT2D eigenvalue weighted by molar-refractivity contribution is 5.88. The molecule has 1 atom stereocenters. The number of aromatic nitrogens is 2. The predicted molar refractivity (Wildman–Crippen MR) is 93.4 cm³/mol. The van der Waals surface area contributed by atoms with Crippen LogP contribution in [0.5, 0.6) is 0 Å². The molecule has 0 spiro atoms. The summed E-state index contributed by atoms with van der Waals surface area (Å²) in [6.07, 6.45) is 1.97. The minimum atomic E-state index is -0.947. The van der Waals surface area contributed by atoms with Gasteiger partial charge >= 0.3 is 5.97 Å². The van der Waals surface area contributed by atoms with Crippen LogP contribution in [0.15, 0.2) is 30.3 Å². The molecule has 0 saturated carbocycles. The van der Waals surface area contributed by atoms with Gasteiger partial charge < -0.3 is 10.0 Å². The van der Waals surface area contributed by atoms with Gasteiger partial charge in [-0.2, -0.15) is 0 Å². The van der Waals surface area contributed by atoms with Crippen molar-refractivity contribution in [2.24, 2.45) is 0 Å². The number of nitrogens with zero attached hydrogens (tertiary/aromatic N) is 3. The van der Waals surface area contributed by atoms with Crippen LogP contribution in [0.3, 0.4) is 0 Å². The topological polar surface area (TPSA) is 83.4 Å². The van der Waals surface area contributed by atoms with Gasteiger partial charge in [0, 0.05) is 37.2 Å². The summed E-state index contributed by atoms with van der Waals surface area (Å²) >= 11 is 0. The number of aryl methyl sites for hydroxylation is 1. The molecule has 25 heavy (non-hydrogen) atoms. The number of benzene rings is 1. The standard InChI is InChI=1S/C19H21N3O3/c1-12-20-17(14-5-7-15(8-6-14)19(24)25)10-18(21-12)16-4-3-9-22(11-16)13(2)23/h5-8,10,16H,3-4,9,11H2,1-2H3,(H,24,25)/t16-/m0/s1. The number of carboxylic acid groups (broad SMARTS) is 1. The van der Waals surface area contributed by atoms with Crippen LogP contribution in [-0.2, 0) is 4.79 Å². The number of hydrogen-bond acceptors (Lipinski definition) is 4. The Morgan fingerprint density at radius 1 is 1.20 bits per heavy atom. The highest BCUT2D eigenvalue weighted by Gasteiger charge is 2.24. The van der Waals surface area contributed by atoms with E-state index in [0.29, 0.717) is 12.4 Å². The number of amides is 1. The second-order valence-electron chi connectivity index (χ2n) is 6.41. The van der Waals surface area contributed by atoms with Crippen molar-refractivity contribution in [3.8, 4) is 11.3 Å². The average molecular weight is 339 g/mol. The SMILES string of the molecule is CC(=O)N1CCC[C@H](c2cc(-c3ccc(C(=O)O)cc3)nc(C)n2)C1. The Morgan fingerprint density at radius 2 is 1.92 bits per heavy atom. The van der Waals surface area contributed by atoms with Gasteiger partial charge in [-0.1, -0.05) is 12.1 Å². The molecule has 2 heterocycles. The Morgan fingerprint density at radius 3 is 2.56 bits per heavy atom. The van der Waals surface area contributed by atoms with E-state index < -0.39 is 5.97 Å². The maximum absolute atomic E-state index is 11.7. The second kappa shape index (κ2) is 7.01. The first-order valence-electron chi connectivity index (χ1n) is 8.39. The molecule has 0 radical (unpaired) electrons. The fourth-order valence-electron chi connectivity index (χ4n) is 3.24. The van der Waals surface area contributed by atoms with E-state index in [2.05, 4.69) is 9.97 Å². The van der Waals surface area contributed by atoms with Crippen LogP contribution in [0.2, 0.25) is 0 Å². The first-order chi connectivity index (χ1) is 11.9. The summed E-state index contributed by atoms with van der Waals surface area (Å²) in [5.41, 5.74) is 2.82. The molecule has 130 valence electrons. The molecule has 1 aliphatic rings. The molecular weight excluding hydrogens is 318 g/mol. The third-order valence-corrected chi connectivity index (χ3v) is 4.57. The number of aromatic carboxylic acids is 1. The third kappa shape index (κ3) is 3.84. The molecule has 1 fully saturated rings. The fourth-order valence-corrected chi connectivity index (χ4v) is 3.24. The first kappa shape index (κ1) is 17.1. The fraction of sp³-hybridized carbons (Fsp3) is 0.368. The molecule has 6 nitrogen and oxygen atoms in total. The van der Waals surface area contributed by atoms with Gasteiger partial charge in [-0.15, -0.1) is 0 Å². The molecule has 1 saturated heterocycles. The lowest BCUT2D eigenvalue weighted by atomic mass is 9.93. The Balaban J connectivity index is 1.90. The second-order valence-corrected chi connectivity index (χ2v) is 6.41. The number of carbonyl (C=O) groups is 2. The Hall–Kier alpha value is -2.76. The van der Waals surface area contributed by atoms with E-state index in [9.17, 15) is 9.59 Å². The molecule has 0 aliphatic carbocycles. The maximum atomic E-state index is 11.7. The third-order valence-electron chi connectivity index (χ3n) is 4.57.